The lowest BCUT2D eigenvalue weighted by Crippen LogP contribution is -2.31. The zero-order chi connectivity index (χ0) is 18.0. The number of allylic oxidation sites excluding steroid dienone is 2. The first kappa shape index (κ1) is 22.1. The van der Waals surface area contributed by atoms with Crippen LogP contribution in [0.25, 0.3) is 0 Å². The molecule has 23 heavy (non-hydrogen) atoms. The van der Waals surface area contributed by atoms with Crippen LogP contribution in [0.1, 0.15) is 60.8 Å². The quantitative estimate of drug-likeness (QED) is 0.377. The molecular formula is C18H34O5. The van der Waals surface area contributed by atoms with Gasteiger partial charge in [-0.1, -0.05) is 18.6 Å². The van der Waals surface area contributed by atoms with E-state index in [-0.39, 0.29) is 25.2 Å². The van der Waals surface area contributed by atoms with E-state index in [9.17, 15) is 9.90 Å². The minimum absolute atomic E-state index is 0.0283. The molecule has 136 valence electrons. The van der Waals surface area contributed by atoms with Crippen molar-refractivity contribution >= 4 is 5.97 Å². The molecule has 5 heteroatoms. The Morgan fingerprint density at radius 2 is 1.87 bits per heavy atom. The zero-order valence-corrected chi connectivity index (χ0v) is 15.7. The second kappa shape index (κ2) is 10.8. The molecule has 0 amide bonds. The maximum Gasteiger partial charge on any atom is 0.308 e. The average molecular weight is 330 g/mol. The molecule has 0 rings (SSSR count). The summed E-state index contributed by atoms with van der Waals surface area (Å²) in [4.78, 5) is 11.8. The summed E-state index contributed by atoms with van der Waals surface area (Å²) in [5.74, 6) is -0.180. The standard InChI is InChI=1S/C18H34O5/c1-13(2)8-9-14(3)16(22-12-21-7)10-15(19)11-17(20)23-18(4,5)6/h8,14-16,19H,9-12H2,1-7H3/t14-,15-,16+/m1/s1. The fourth-order valence-electron chi connectivity index (χ4n) is 2.12. The van der Waals surface area contributed by atoms with Crippen LogP contribution in [0, 0.1) is 5.92 Å². The number of carbonyl (C=O) groups excluding carboxylic acids is 1. The highest BCUT2D eigenvalue weighted by Crippen LogP contribution is 2.20. The van der Waals surface area contributed by atoms with Gasteiger partial charge in [0, 0.05) is 13.5 Å². The summed E-state index contributed by atoms with van der Waals surface area (Å²) in [5.41, 5.74) is 0.705. The molecule has 0 unspecified atom stereocenters. The van der Waals surface area contributed by atoms with Crippen molar-refractivity contribution in [2.24, 2.45) is 5.92 Å². The number of hydrogen-bond acceptors (Lipinski definition) is 5. The predicted octanol–water partition coefficient (Wildman–Crippen LogP) is 3.45. The zero-order valence-electron chi connectivity index (χ0n) is 15.7. The molecule has 0 spiro atoms. The molecule has 0 aromatic carbocycles. The normalized spacial score (nSPS) is 15.7. The molecule has 0 radical (unpaired) electrons. The summed E-state index contributed by atoms with van der Waals surface area (Å²) in [7, 11) is 1.56. The summed E-state index contributed by atoms with van der Waals surface area (Å²) >= 11 is 0. The van der Waals surface area contributed by atoms with Crippen molar-refractivity contribution in [3.63, 3.8) is 0 Å². The number of methoxy groups -OCH3 is 1. The van der Waals surface area contributed by atoms with E-state index in [0.717, 1.165) is 6.42 Å². The maximum atomic E-state index is 11.8. The number of rotatable bonds is 10. The molecule has 0 saturated carbocycles. The Hall–Kier alpha value is -0.910. The highest BCUT2D eigenvalue weighted by molar-refractivity contribution is 5.70. The van der Waals surface area contributed by atoms with Crippen LogP contribution in [0.3, 0.4) is 0 Å². The molecule has 0 aromatic rings. The lowest BCUT2D eigenvalue weighted by molar-refractivity contribution is -0.158. The molecule has 0 saturated heterocycles. The summed E-state index contributed by atoms with van der Waals surface area (Å²) < 4.78 is 15.9. The van der Waals surface area contributed by atoms with Crippen molar-refractivity contribution in [1.82, 2.24) is 0 Å². The minimum Gasteiger partial charge on any atom is -0.460 e. The predicted molar refractivity (Wildman–Crippen MR) is 91.0 cm³/mol. The molecule has 0 aliphatic carbocycles. The van der Waals surface area contributed by atoms with Crippen LogP contribution < -0.4 is 0 Å². The lowest BCUT2D eigenvalue weighted by atomic mass is 9.94. The molecular weight excluding hydrogens is 296 g/mol. The third-order valence-corrected chi connectivity index (χ3v) is 3.26. The van der Waals surface area contributed by atoms with Crippen molar-refractivity contribution in [2.75, 3.05) is 13.9 Å². The van der Waals surface area contributed by atoms with Crippen molar-refractivity contribution in [3.8, 4) is 0 Å². The summed E-state index contributed by atoms with van der Waals surface area (Å²) in [6.45, 7) is 11.8. The lowest BCUT2D eigenvalue weighted by Gasteiger charge is -2.26. The second-order valence-electron chi connectivity index (χ2n) is 7.29. The Kier molecular flexibility index (Phi) is 10.4. The van der Waals surface area contributed by atoms with Gasteiger partial charge in [0.2, 0.25) is 0 Å². The third kappa shape index (κ3) is 12.2. The Bertz CT molecular complexity index is 366. The number of esters is 1. The number of ether oxygens (including phenoxy) is 3. The van der Waals surface area contributed by atoms with Crippen molar-refractivity contribution in [1.29, 1.82) is 0 Å². The minimum atomic E-state index is -0.791. The van der Waals surface area contributed by atoms with Crippen LogP contribution in [0.5, 0.6) is 0 Å². The molecule has 5 nitrogen and oxygen atoms in total. The molecule has 1 N–H and O–H groups in total. The van der Waals surface area contributed by atoms with Gasteiger partial charge in [0.1, 0.15) is 12.4 Å². The van der Waals surface area contributed by atoms with Gasteiger partial charge in [-0.3, -0.25) is 4.79 Å². The van der Waals surface area contributed by atoms with Gasteiger partial charge >= 0.3 is 5.97 Å². The number of aliphatic hydroxyl groups is 1. The Morgan fingerprint density at radius 1 is 1.26 bits per heavy atom. The van der Waals surface area contributed by atoms with Gasteiger partial charge in [-0.05, 0) is 47.0 Å². The van der Waals surface area contributed by atoms with E-state index >= 15 is 0 Å². The topological polar surface area (TPSA) is 65.0 Å². The van der Waals surface area contributed by atoms with Crippen molar-refractivity contribution < 1.29 is 24.1 Å². The first-order valence-electron chi connectivity index (χ1n) is 8.19. The van der Waals surface area contributed by atoms with Gasteiger partial charge in [-0.15, -0.1) is 0 Å². The van der Waals surface area contributed by atoms with Crippen LogP contribution in [0.2, 0.25) is 0 Å². The molecule has 0 aliphatic rings. The van der Waals surface area contributed by atoms with Gasteiger partial charge in [-0.25, -0.2) is 0 Å². The Labute approximate surface area is 141 Å². The van der Waals surface area contributed by atoms with E-state index in [4.69, 9.17) is 14.2 Å². The monoisotopic (exact) mass is 330 g/mol. The van der Waals surface area contributed by atoms with E-state index < -0.39 is 17.7 Å². The first-order valence-corrected chi connectivity index (χ1v) is 8.19. The second-order valence-corrected chi connectivity index (χ2v) is 7.29. The number of carbonyl (C=O) groups is 1. The van der Waals surface area contributed by atoms with E-state index in [1.54, 1.807) is 7.11 Å². The van der Waals surface area contributed by atoms with Crippen LogP contribution >= 0.6 is 0 Å². The first-order chi connectivity index (χ1) is 10.5. The van der Waals surface area contributed by atoms with Gasteiger partial charge in [0.05, 0.1) is 18.6 Å². The summed E-state index contributed by atoms with van der Waals surface area (Å²) in [6, 6.07) is 0. The van der Waals surface area contributed by atoms with E-state index in [1.807, 2.05) is 20.8 Å². The Morgan fingerprint density at radius 3 is 2.35 bits per heavy atom. The van der Waals surface area contributed by atoms with Gasteiger partial charge < -0.3 is 19.3 Å². The van der Waals surface area contributed by atoms with Crippen LogP contribution in [0.15, 0.2) is 11.6 Å². The third-order valence-electron chi connectivity index (χ3n) is 3.26. The highest BCUT2D eigenvalue weighted by atomic mass is 16.7. The average Bonchev–Trinajstić information content (AvgIpc) is 2.38. The molecule has 0 heterocycles. The molecule has 3 atom stereocenters. The number of aliphatic hydroxyl groups excluding tert-OH is 1. The van der Waals surface area contributed by atoms with E-state index in [1.165, 1.54) is 5.57 Å². The summed E-state index contributed by atoms with van der Waals surface area (Å²) in [5, 5.41) is 10.2. The highest BCUT2D eigenvalue weighted by Gasteiger charge is 2.25. The van der Waals surface area contributed by atoms with Crippen molar-refractivity contribution in [3.05, 3.63) is 11.6 Å². The largest absolute Gasteiger partial charge is 0.460 e. The van der Waals surface area contributed by atoms with E-state index in [0.29, 0.717) is 6.42 Å². The molecule has 0 aliphatic heterocycles. The Balaban J connectivity index is 4.56. The van der Waals surface area contributed by atoms with Gasteiger partial charge in [0.25, 0.3) is 0 Å². The SMILES string of the molecule is COCO[C@@H](C[C@@H](O)CC(=O)OC(C)(C)C)[C@H](C)CC=C(C)C. The smallest absolute Gasteiger partial charge is 0.308 e. The summed E-state index contributed by atoms with van der Waals surface area (Å²) in [6.07, 6.45) is 2.38. The van der Waals surface area contributed by atoms with E-state index in [2.05, 4.69) is 26.8 Å². The fourth-order valence-corrected chi connectivity index (χ4v) is 2.12. The van der Waals surface area contributed by atoms with Gasteiger partial charge in [-0.2, -0.15) is 0 Å². The van der Waals surface area contributed by atoms with Crippen molar-refractivity contribution in [2.45, 2.75) is 78.6 Å². The fraction of sp³-hybridized carbons (Fsp3) is 0.833. The van der Waals surface area contributed by atoms with Gasteiger partial charge in [0.15, 0.2) is 0 Å². The van der Waals surface area contributed by atoms with Crippen LogP contribution in [-0.2, 0) is 19.0 Å². The molecule has 0 bridgehead atoms. The number of hydrogen-bond donors (Lipinski definition) is 1. The van der Waals surface area contributed by atoms with Crippen LogP contribution in [-0.4, -0.2) is 42.8 Å². The van der Waals surface area contributed by atoms with Crippen LogP contribution in [0.4, 0.5) is 0 Å². The molecule has 0 aromatic heterocycles. The molecule has 0 fully saturated rings. The maximum absolute atomic E-state index is 11.8.